The van der Waals surface area contributed by atoms with Crippen LogP contribution in [-0.4, -0.2) is 4.98 Å². The Morgan fingerprint density at radius 2 is 0.909 bits per heavy atom. The molecule has 0 saturated heterocycles. The maximum atomic E-state index is 5.46. The Morgan fingerprint density at radius 3 is 1.64 bits per heavy atom. The summed E-state index contributed by atoms with van der Waals surface area (Å²) in [5.41, 5.74) is 8.14. The average Bonchev–Trinajstić information content (AvgIpc) is 3.10. The predicted octanol–water partition coefficient (Wildman–Crippen LogP) is 11.8. The fourth-order valence-corrected chi connectivity index (χ4v) is 7.09. The normalized spacial score (nSPS) is 11.6. The quantitative estimate of drug-likeness (QED) is 0.155. The number of para-hydroxylation sites is 1. The Morgan fingerprint density at radius 1 is 0.341 bits per heavy atom. The molecule has 1 heteroatoms. The highest BCUT2D eigenvalue weighted by Crippen LogP contribution is 2.46. The molecule has 0 saturated carbocycles. The highest BCUT2D eigenvalue weighted by molar-refractivity contribution is 6.25. The van der Waals surface area contributed by atoms with Crippen LogP contribution in [0.25, 0.3) is 87.5 Å². The van der Waals surface area contributed by atoms with Crippen LogP contribution in [-0.2, 0) is 0 Å². The van der Waals surface area contributed by atoms with Crippen molar-refractivity contribution in [3.8, 4) is 33.5 Å². The van der Waals surface area contributed by atoms with E-state index >= 15 is 0 Å². The van der Waals surface area contributed by atoms with E-state index in [-0.39, 0.29) is 0 Å². The molecule has 0 spiro atoms. The van der Waals surface area contributed by atoms with Crippen LogP contribution in [0.4, 0.5) is 0 Å². The molecule has 0 aliphatic carbocycles. The molecule has 0 aliphatic heterocycles. The second kappa shape index (κ2) is 9.90. The third-order valence-electron chi connectivity index (χ3n) is 9.02. The van der Waals surface area contributed by atoms with Crippen LogP contribution >= 0.6 is 0 Å². The molecule has 204 valence electrons. The van der Waals surface area contributed by atoms with Crippen molar-refractivity contribution in [1.29, 1.82) is 0 Å². The van der Waals surface area contributed by atoms with Crippen molar-refractivity contribution in [2.45, 2.75) is 0 Å². The Balaban J connectivity index is 1.44. The number of fused-ring (bicyclic) bond motifs is 6. The molecule has 1 aromatic heterocycles. The predicted molar refractivity (Wildman–Crippen MR) is 188 cm³/mol. The van der Waals surface area contributed by atoms with E-state index in [4.69, 9.17) is 4.98 Å². The first-order valence-corrected chi connectivity index (χ1v) is 15.1. The molecule has 0 aliphatic rings. The molecule has 0 N–H and O–H groups in total. The maximum absolute atomic E-state index is 5.46. The molecule has 0 bridgehead atoms. The molecule has 0 atom stereocenters. The maximum Gasteiger partial charge on any atom is 0.0800 e. The Bertz CT molecular complexity index is 2490. The lowest BCUT2D eigenvalue weighted by atomic mass is 9.85. The summed E-state index contributed by atoms with van der Waals surface area (Å²) in [6.45, 7) is 0. The van der Waals surface area contributed by atoms with Crippen LogP contribution in [0, 0.1) is 0 Å². The number of nitrogens with zero attached hydrogens (tertiary/aromatic N) is 1. The summed E-state index contributed by atoms with van der Waals surface area (Å²) in [4.78, 5) is 5.46. The minimum Gasteiger partial charge on any atom is -0.247 e. The summed E-state index contributed by atoms with van der Waals surface area (Å²) in [7, 11) is 0. The number of rotatable bonds is 3. The number of benzene rings is 8. The molecule has 0 radical (unpaired) electrons. The number of pyridine rings is 1. The largest absolute Gasteiger partial charge is 0.247 e. The highest BCUT2D eigenvalue weighted by Gasteiger charge is 2.21. The zero-order chi connectivity index (χ0) is 29.0. The minimum atomic E-state index is 1.00. The van der Waals surface area contributed by atoms with Gasteiger partial charge in [0, 0.05) is 21.7 Å². The summed E-state index contributed by atoms with van der Waals surface area (Å²) in [5, 5.41) is 11.0. The van der Waals surface area contributed by atoms with Gasteiger partial charge in [-0.2, -0.15) is 0 Å². The fraction of sp³-hybridized carbons (Fsp3) is 0. The molecule has 44 heavy (non-hydrogen) atoms. The summed E-state index contributed by atoms with van der Waals surface area (Å²) in [5.74, 6) is 0. The van der Waals surface area contributed by atoms with E-state index < -0.39 is 0 Å². The second-order valence-electron chi connectivity index (χ2n) is 11.5. The number of hydrogen-bond acceptors (Lipinski definition) is 1. The topological polar surface area (TPSA) is 12.9 Å². The Labute approximate surface area is 255 Å². The van der Waals surface area contributed by atoms with Gasteiger partial charge in [0.1, 0.15) is 0 Å². The lowest BCUT2D eigenvalue weighted by molar-refractivity contribution is 1.44. The first-order chi connectivity index (χ1) is 21.8. The zero-order valence-corrected chi connectivity index (χ0v) is 24.0. The molecule has 8 aromatic carbocycles. The molecule has 9 aromatic rings. The van der Waals surface area contributed by atoms with Crippen molar-refractivity contribution >= 4 is 54.0 Å². The number of hydrogen-bond donors (Lipinski definition) is 0. The zero-order valence-electron chi connectivity index (χ0n) is 24.0. The van der Waals surface area contributed by atoms with Gasteiger partial charge in [-0.05, 0) is 66.7 Å². The second-order valence-corrected chi connectivity index (χ2v) is 11.5. The lowest BCUT2D eigenvalue weighted by Crippen LogP contribution is -1.95. The minimum absolute atomic E-state index is 1.00. The smallest absolute Gasteiger partial charge is 0.0800 e. The summed E-state index contributed by atoms with van der Waals surface area (Å²) >= 11 is 0. The van der Waals surface area contributed by atoms with Crippen LogP contribution in [0.15, 0.2) is 164 Å². The molecule has 0 unspecified atom stereocenters. The Hall–Kier alpha value is -5.79. The van der Waals surface area contributed by atoms with Crippen LogP contribution < -0.4 is 0 Å². The molecule has 9 rings (SSSR count). The van der Waals surface area contributed by atoms with Crippen LogP contribution in [0.2, 0.25) is 0 Å². The standard InChI is InChI=1S/C43H27N/c1-2-14-29(15-3-1)40-33-17-6-8-19-35(33)42(36-20-9-7-18-34(36)40)43-38-23-12-22-32(41(38)37-21-10-11-24-39(37)44-43)31-26-25-28-13-4-5-16-30(28)27-31/h1-27H. The van der Waals surface area contributed by atoms with Crippen molar-refractivity contribution in [2.24, 2.45) is 0 Å². The Kier molecular flexibility index (Phi) is 5.57. The van der Waals surface area contributed by atoms with E-state index in [1.54, 1.807) is 0 Å². The van der Waals surface area contributed by atoms with E-state index in [1.165, 1.54) is 70.9 Å². The average molecular weight is 558 g/mol. The van der Waals surface area contributed by atoms with Gasteiger partial charge in [0.25, 0.3) is 0 Å². The van der Waals surface area contributed by atoms with Crippen molar-refractivity contribution in [3.63, 3.8) is 0 Å². The fourth-order valence-electron chi connectivity index (χ4n) is 7.09. The van der Waals surface area contributed by atoms with Crippen molar-refractivity contribution in [2.75, 3.05) is 0 Å². The van der Waals surface area contributed by atoms with Crippen LogP contribution in [0.1, 0.15) is 0 Å². The lowest BCUT2D eigenvalue weighted by Gasteiger charge is -2.19. The monoisotopic (exact) mass is 557 g/mol. The van der Waals surface area contributed by atoms with Gasteiger partial charge in [-0.25, -0.2) is 4.98 Å². The molecule has 0 fully saturated rings. The molecular weight excluding hydrogens is 530 g/mol. The summed E-state index contributed by atoms with van der Waals surface area (Å²) in [6, 6.07) is 59.1. The van der Waals surface area contributed by atoms with Gasteiger partial charge in [0.2, 0.25) is 0 Å². The van der Waals surface area contributed by atoms with E-state index in [2.05, 4.69) is 164 Å². The molecule has 0 amide bonds. The molecular formula is C43H27N. The van der Waals surface area contributed by atoms with Gasteiger partial charge in [0.15, 0.2) is 0 Å². The highest BCUT2D eigenvalue weighted by atomic mass is 14.7. The van der Waals surface area contributed by atoms with E-state index in [1.807, 2.05) is 0 Å². The molecule has 1 nitrogen and oxygen atoms in total. The van der Waals surface area contributed by atoms with Crippen LogP contribution in [0.5, 0.6) is 0 Å². The summed E-state index contributed by atoms with van der Waals surface area (Å²) < 4.78 is 0. The SMILES string of the molecule is c1ccc(-c2c3ccccc3c(-c3nc4ccccc4c4c(-c5ccc6ccccc6c5)cccc34)c3ccccc23)cc1. The van der Waals surface area contributed by atoms with E-state index in [0.717, 1.165) is 16.6 Å². The first kappa shape index (κ1) is 24.8. The van der Waals surface area contributed by atoms with Crippen molar-refractivity contribution in [3.05, 3.63) is 164 Å². The van der Waals surface area contributed by atoms with Gasteiger partial charge >= 0.3 is 0 Å². The van der Waals surface area contributed by atoms with Crippen LogP contribution in [0.3, 0.4) is 0 Å². The number of aromatic nitrogens is 1. The first-order valence-electron chi connectivity index (χ1n) is 15.1. The van der Waals surface area contributed by atoms with Crippen molar-refractivity contribution in [1.82, 2.24) is 4.98 Å². The van der Waals surface area contributed by atoms with Gasteiger partial charge in [0.05, 0.1) is 11.2 Å². The molecule has 1 heterocycles. The van der Waals surface area contributed by atoms with Gasteiger partial charge < -0.3 is 0 Å². The van der Waals surface area contributed by atoms with Gasteiger partial charge in [-0.1, -0.05) is 152 Å². The van der Waals surface area contributed by atoms with Gasteiger partial charge in [-0.15, -0.1) is 0 Å². The van der Waals surface area contributed by atoms with Gasteiger partial charge in [-0.3, -0.25) is 0 Å². The third kappa shape index (κ3) is 3.76. The van der Waals surface area contributed by atoms with E-state index in [0.29, 0.717) is 0 Å². The summed E-state index contributed by atoms with van der Waals surface area (Å²) in [6.07, 6.45) is 0. The van der Waals surface area contributed by atoms with Crippen molar-refractivity contribution < 1.29 is 0 Å². The van der Waals surface area contributed by atoms with E-state index in [9.17, 15) is 0 Å². The third-order valence-corrected chi connectivity index (χ3v) is 9.02.